The fraction of sp³-hybridized carbons (Fsp3) is 0.800. The molecule has 1 aromatic heterocycles. The van der Waals surface area contributed by atoms with Crippen LogP contribution in [-0.4, -0.2) is 27.6 Å². The van der Waals surface area contributed by atoms with Crippen LogP contribution in [0.25, 0.3) is 0 Å². The molecule has 4 heteroatoms. The molecule has 0 bridgehead atoms. The molecule has 0 aromatic carbocycles. The molecule has 0 amide bonds. The summed E-state index contributed by atoms with van der Waals surface area (Å²) in [6.07, 6.45) is 10.4. The maximum atomic E-state index is 4.69. The molecule has 0 spiro atoms. The minimum atomic E-state index is 0.686. The van der Waals surface area contributed by atoms with E-state index in [1.807, 2.05) is 0 Å². The molecule has 1 aromatic rings. The number of imidazole rings is 1. The van der Waals surface area contributed by atoms with E-state index < -0.39 is 0 Å². The SMILES string of the molecule is Cc1cn(C2CCCC2)c(NCC2CCSCC2)n1. The Morgan fingerprint density at radius 2 is 2.00 bits per heavy atom. The van der Waals surface area contributed by atoms with Crippen LogP contribution >= 0.6 is 11.8 Å². The van der Waals surface area contributed by atoms with Gasteiger partial charge in [0.05, 0.1) is 5.69 Å². The molecular formula is C15H25N3S. The number of aromatic nitrogens is 2. The van der Waals surface area contributed by atoms with Crippen LogP contribution in [0.2, 0.25) is 0 Å². The number of hydrogen-bond donors (Lipinski definition) is 1. The van der Waals surface area contributed by atoms with Gasteiger partial charge in [-0.2, -0.15) is 11.8 Å². The lowest BCUT2D eigenvalue weighted by Gasteiger charge is -2.23. The van der Waals surface area contributed by atoms with Crippen molar-refractivity contribution in [2.75, 3.05) is 23.4 Å². The standard InChI is InChI=1S/C15H25N3S/c1-12-11-18(14-4-2-3-5-14)15(17-12)16-10-13-6-8-19-9-7-13/h11,13-14H,2-10H2,1H3,(H,16,17). The molecule has 0 radical (unpaired) electrons. The van der Waals surface area contributed by atoms with Crippen LogP contribution in [0.1, 0.15) is 50.3 Å². The first kappa shape index (κ1) is 13.3. The van der Waals surface area contributed by atoms with Gasteiger partial charge in [-0.1, -0.05) is 12.8 Å². The summed E-state index contributed by atoms with van der Waals surface area (Å²) in [6, 6.07) is 0.686. The maximum absolute atomic E-state index is 4.69. The molecule has 106 valence electrons. The molecule has 1 saturated heterocycles. The van der Waals surface area contributed by atoms with Crippen molar-refractivity contribution in [3.05, 3.63) is 11.9 Å². The lowest BCUT2D eigenvalue weighted by Crippen LogP contribution is -2.21. The highest BCUT2D eigenvalue weighted by Crippen LogP contribution is 2.32. The zero-order valence-electron chi connectivity index (χ0n) is 11.9. The van der Waals surface area contributed by atoms with E-state index in [1.54, 1.807) is 0 Å². The second kappa shape index (κ2) is 6.21. The third kappa shape index (κ3) is 3.28. The van der Waals surface area contributed by atoms with E-state index in [-0.39, 0.29) is 0 Å². The van der Waals surface area contributed by atoms with E-state index in [9.17, 15) is 0 Å². The van der Waals surface area contributed by atoms with Crippen molar-refractivity contribution >= 4 is 17.7 Å². The van der Waals surface area contributed by atoms with Crippen molar-refractivity contribution in [2.24, 2.45) is 5.92 Å². The smallest absolute Gasteiger partial charge is 0.203 e. The highest BCUT2D eigenvalue weighted by Gasteiger charge is 2.21. The number of thioether (sulfide) groups is 1. The summed E-state index contributed by atoms with van der Waals surface area (Å²) < 4.78 is 2.40. The molecule has 1 N–H and O–H groups in total. The molecular weight excluding hydrogens is 254 g/mol. The fourth-order valence-electron chi connectivity index (χ4n) is 3.29. The Morgan fingerprint density at radius 1 is 1.26 bits per heavy atom. The van der Waals surface area contributed by atoms with Crippen molar-refractivity contribution in [3.8, 4) is 0 Å². The molecule has 1 aliphatic carbocycles. The Hall–Kier alpha value is -0.640. The zero-order valence-corrected chi connectivity index (χ0v) is 12.7. The van der Waals surface area contributed by atoms with Gasteiger partial charge in [0.15, 0.2) is 0 Å². The summed E-state index contributed by atoms with van der Waals surface area (Å²) in [4.78, 5) is 4.69. The van der Waals surface area contributed by atoms with E-state index in [2.05, 4.69) is 39.8 Å². The van der Waals surface area contributed by atoms with Crippen LogP contribution in [0.15, 0.2) is 6.20 Å². The molecule has 1 aliphatic heterocycles. The number of hydrogen-bond acceptors (Lipinski definition) is 3. The number of aryl methyl sites for hydroxylation is 1. The zero-order chi connectivity index (χ0) is 13.1. The largest absolute Gasteiger partial charge is 0.355 e. The summed E-state index contributed by atoms with van der Waals surface area (Å²) >= 11 is 2.10. The van der Waals surface area contributed by atoms with Gasteiger partial charge in [-0.25, -0.2) is 4.98 Å². The summed E-state index contributed by atoms with van der Waals surface area (Å²) in [5, 5.41) is 3.62. The van der Waals surface area contributed by atoms with Crippen molar-refractivity contribution in [1.29, 1.82) is 0 Å². The highest BCUT2D eigenvalue weighted by molar-refractivity contribution is 7.99. The molecule has 0 atom stereocenters. The van der Waals surface area contributed by atoms with E-state index in [1.165, 1.54) is 50.0 Å². The lowest BCUT2D eigenvalue weighted by molar-refractivity contribution is 0.499. The fourth-order valence-corrected chi connectivity index (χ4v) is 4.50. The predicted octanol–water partition coefficient (Wildman–Crippen LogP) is 3.86. The minimum Gasteiger partial charge on any atom is -0.355 e. The van der Waals surface area contributed by atoms with E-state index in [0.29, 0.717) is 6.04 Å². The van der Waals surface area contributed by atoms with Gasteiger partial charge in [-0.05, 0) is 50.0 Å². The number of nitrogens with one attached hydrogen (secondary N) is 1. The number of anilines is 1. The molecule has 2 aliphatic rings. The second-order valence-electron chi connectivity index (χ2n) is 5.99. The first-order valence-electron chi connectivity index (χ1n) is 7.70. The third-order valence-corrected chi connectivity index (χ3v) is 5.51. The van der Waals surface area contributed by atoms with Crippen LogP contribution in [0.5, 0.6) is 0 Å². The average Bonchev–Trinajstić information content (AvgIpc) is 3.06. The van der Waals surface area contributed by atoms with Crippen LogP contribution in [0.4, 0.5) is 5.95 Å². The van der Waals surface area contributed by atoms with E-state index in [4.69, 9.17) is 0 Å². The molecule has 0 unspecified atom stereocenters. The van der Waals surface area contributed by atoms with E-state index >= 15 is 0 Å². The Morgan fingerprint density at radius 3 is 2.74 bits per heavy atom. The van der Waals surface area contributed by atoms with Crippen molar-refractivity contribution in [3.63, 3.8) is 0 Å². The van der Waals surface area contributed by atoms with Crippen LogP contribution in [0.3, 0.4) is 0 Å². The van der Waals surface area contributed by atoms with Gasteiger partial charge in [0.25, 0.3) is 0 Å². The second-order valence-corrected chi connectivity index (χ2v) is 7.21. The number of nitrogens with zero attached hydrogens (tertiary/aromatic N) is 2. The number of rotatable bonds is 4. The van der Waals surface area contributed by atoms with Gasteiger partial charge in [0.2, 0.25) is 5.95 Å². The third-order valence-electron chi connectivity index (χ3n) is 4.46. The molecule has 19 heavy (non-hydrogen) atoms. The lowest BCUT2D eigenvalue weighted by atomic mass is 10.0. The summed E-state index contributed by atoms with van der Waals surface area (Å²) in [5.74, 6) is 4.63. The van der Waals surface area contributed by atoms with Crippen LogP contribution in [0, 0.1) is 12.8 Å². The quantitative estimate of drug-likeness (QED) is 0.907. The molecule has 2 heterocycles. The maximum Gasteiger partial charge on any atom is 0.203 e. The Kier molecular flexibility index (Phi) is 4.36. The van der Waals surface area contributed by atoms with Crippen molar-refractivity contribution in [1.82, 2.24) is 9.55 Å². The Labute approximate surface area is 120 Å². The topological polar surface area (TPSA) is 29.9 Å². The molecule has 1 saturated carbocycles. The average molecular weight is 279 g/mol. The van der Waals surface area contributed by atoms with Gasteiger partial charge >= 0.3 is 0 Å². The first-order valence-corrected chi connectivity index (χ1v) is 8.85. The molecule has 3 rings (SSSR count). The minimum absolute atomic E-state index is 0.686. The summed E-state index contributed by atoms with van der Waals surface area (Å²) in [7, 11) is 0. The van der Waals surface area contributed by atoms with Crippen molar-refractivity contribution in [2.45, 2.75) is 51.5 Å². The van der Waals surface area contributed by atoms with Gasteiger partial charge in [0, 0.05) is 18.8 Å². The summed E-state index contributed by atoms with van der Waals surface area (Å²) in [5.41, 5.74) is 1.15. The van der Waals surface area contributed by atoms with Crippen LogP contribution in [-0.2, 0) is 0 Å². The van der Waals surface area contributed by atoms with Gasteiger partial charge in [-0.15, -0.1) is 0 Å². The highest BCUT2D eigenvalue weighted by atomic mass is 32.2. The molecule has 2 fully saturated rings. The summed E-state index contributed by atoms with van der Waals surface area (Å²) in [6.45, 7) is 3.21. The van der Waals surface area contributed by atoms with Gasteiger partial charge in [0.1, 0.15) is 0 Å². The monoisotopic (exact) mass is 279 g/mol. The normalized spacial score (nSPS) is 21.9. The van der Waals surface area contributed by atoms with Crippen LogP contribution < -0.4 is 5.32 Å². The van der Waals surface area contributed by atoms with Crippen molar-refractivity contribution < 1.29 is 0 Å². The van der Waals surface area contributed by atoms with Gasteiger partial charge < -0.3 is 9.88 Å². The first-order chi connectivity index (χ1) is 9.33. The van der Waals surface area contributed by atoms with E-state index in [0.717, 1.165) is 24.1 Å². The van der Waals surface area contributed by atoms with Gasteiger partial charge in [-0.3, -0.25) is 0 Å². The predicted molar refractivity (Wildman–Crippen MR) is 83.0 cm³/mol. The molecule has 3 nitrogen and oxygen atoms in total. The Bertz CT molecular complexity index is 404. The Balaban J connectivity index is 1.62.